The monoisotopic (exact) mass is 387 g/mol. The molecule has 1 aliphatic heterocycles. The Morgan fingerprint density at radius 2 is 2.11 bits per heavy atom. The van der Waals surface area contributed by atoms with E-state index in [0.29, 0.717) is 22.7 Å². The molecule has 3 N–H and O–H groups in total. The fraction of sp³-hybridized carbons (Fsp3) is 0.316. The number of nitrogens with one attached hydrogen (secondary N) is 1. The highest BCUT2D eigenvalue weighted by molar-refractivity contribution is 7.14. The maximum atomic E-state index is 13.0. The lowest BCUT2D eigenvalue weighted by Crippen LogP contribution is -2.30. The van der Waals surface area contributed by atoms with Crippen LogP contribution < -0.4 is 11.1 Å². The molecule has 1 aromatic carbocycles. The van der Waals surface area contributed by atoms with E-state index in [1.54, 1.807) is 30.3 Å². The summed E-state index contributed by atoms with van der Waals surface area (Å²) in [5.41, 5.74) is 6.39. The van der Waals surface area contributed by atoms with Gasteiger partial charge in [0.1, 0.15) is 6.61 Å². The molecule has 7 nitrogen and oxygen atoms in total. The first-order valence-corrected chi connectivity index (χ1v) is 9.40. The zero-order chi connectivity index (χ0) is 19.4. The molecule has 3 rings (SSSR count). The Labute approximate surface area is 161 Å². The van der Waals surface area contributed by atoms with Gasteiger partial charge in [-0.2, -0.15) is 0 Å². The van der Waals surface area contributed by atoms with Crippen molar-refractivity contribution in [2.75, 3.05) is 25.6 Å². The number of likely N-dealkylation sites (tertiary alicyclic amines) is 1. The number of carbonyl (C=O) groups is 3. The van der Waals surface area contributed by atoms with Crippen molar-refractivity contribution >= 4 is 34.7 Å². The van der Waals surface area contributed by atoms with Gasteiger partial charge in [0.25, 0.3) is 11.8 Å². The van der Waals surface area contributed by atoms with Gasteiger partial charge in [-0.3, -0.25) is 14.4 Å². The van der Waals surface area contributed by atoms with Crippen LogP contribution in [0.3, 0.4) is 0 Å². The van der Waals surface area contributed by atoms with Gasteiger partial charge in [-0.05, 0) is 43.2 Å². The van der Waals surface area contributed by atoms with E-state index < -0.39 is 5.91 Å². The minimum atomic E-state index is -0.457. The summed E-state index contributed by atoms with van der Waals surface area (Å²) >= 11 is 1.33. The zero-order valence-electron chi connectivity index (χ0n) is 14.9. The zero-order valence-corrected chi connectivity index (χ0v) is 15.8. The van der Waals surface area contributed by atoms with E-state index in [4.69, 9.17) is 10.5 Å². The maximum absolute atomic E-state index is 13.0. The molecular formula is C19H21N3O4S. The van der Waals surface area contributed by atoms with Crippen LogP contribution in [-0.2, 0) is 9.53 Å². The molecule has 3 amide bonds. The molecule has 2 heterocycles. The largest absolute Gasteiger partial charge is 0.375 e. The topological polar surface area (TPSA) is 102 Å². The number of carbonyl (C=O) groups excluding carboxylic acids is 3. The fourth-order valence-corrected chi connectivity index (χ4v) is 4.20. The van der Waals surface area contributed by atoms with E-state index in [-0.39, 0.29) is 24.5 Å². The second kappa shape index (κ2) is 8.32. The number of anilines is 1. The molecule has 0 radical (unpaired) electrons. The number of primary amides is 1. The Balaban J connectivity index is 1.77. The quantitative estimate of drug-likeness (QED) is 0.795. The normalized spacial score (nSPS) is 16.3. The molecule has 1 fully saturated rings. The highest BCUT2D eigenvalue weighted by atomic mass is 32.1. The molecule has 1 aliphatic rings. The van der Waals surface area contributed by atoms with Crippen LogP contribution in [0.1, 0.15) is 43.8 Å². The summed E-state index contributed by atoms with van der Waals surface area (Å²) in [7, 11) is 1.45. The minimum absolute atomic E-state index is 0.0487. The number of amides is 3. The predicted octanol–water partition coefficient (Wildman–Crippen LogP) is 2.41. The Morgan fingerprint density at radius 1 is 1.30 bits per heavy atom. The van der Waals surface area contributed by atoms with Gasteiger partial charge < -0.3 is 20.7 Å². The molecule has 8 heteroatoms. The summed E-state index contributed by atoms with van der Waals surface area (Å²) < 4.78 is 4.80. The van der Waals surface area contributed by atoms with Crippen molar-refractivity contribution < 1.29 is 19.1 Å². The third-order valence-electron chi connectivity index (χ3n) is 4.38. The molecule has 1 atom stereocenters. The first-order valence-electron chi connectivity index (χ1n) is 8.59. The van der Waals surface area contributed by atoms with Crippen LogP contribution in [0, 0.1) is 0 Å². The summed E-state index contributed by atoms with van der Waals surface area (Å²) in [4.78, 5) is 39.3. The molecule has 0 unspecified atom stereocenters. The average Bonchev–Trinajstić information content (AvgIpc) is 3.30. The Kier molecular flexibility index (Phi) is 5.88. The first-order chi connectivity index (χ1) is 13.0. The summed E-state index contributed by atoms with van der Waals surface area (Å²) in [6.45, 7) is 0.598. The molecule has 1 saturated heterocycles. The third-order valence-corrected chi connectivity index (χ3v) is 5.58. The van der Waals surface area contributed by atoms with Crippen molar-refractivity contribution in [3.05, 3.63) is 51.7 Å². The lowest BCUT2D eigenvalue weighted by molar-refractivity contribution is -0.119. The predicted molar refractivity (Wildman–Crippen MR) is 103 cm³/mol. The number of thiophene rings is 1. The summed E-state index contributed by atoms with van der Waals surface area (Å²) in [5, 5.41) is 2.70. The standard InChI is InChI=1S/C19H21N3O4S/c1-26-11-17(23)21-13-5-2-4-12(10-13)19(25)22-9-3-6-14(22)15-7-8-16(27-15)18(20)24/h2,4-5,7-8,10,14H,3,6,9,11H2,1H3,(H2,20,24)(H,21,23)/t14-/m0/s1. The van der Waals surface area contributed by atoms with Crippen LogP contribution in [0.25, 0.3) is 0 Å². The van der Waals surface area contributed by atoms with E-state index in [1.807, 2.05) is 11.0 Å². The minimum Gasteiger partial charge on any atom is -0.375 e. The molecule has 27 heavy (non-hydrogen) atoms. The van der Waals surface area contributed by atoms with Gasteiger partial charge in [0.05, 0.1) is 10.9 Å². The molecule has 0 aliphatic carbocycles. The molecule has 0 spiro atoms. The number of hydrogen-bond acceptors (Lipinski definition) is 5. The van der Waals surface area contributed by atoms with Gasteiger partial charge in [-0.15, -0.1) is 11.3 Å². The van der Waals surface area contributed by atoms with Crippen molar-refractivity contribution in [3.8, 4) is 0 Å². The van der Waals surface area contributed by atoms with Crippen molar-refractivity contribution in [2.45, 2.75) is 18.9 Å². The van der Waals surface area contributed by atoms with Crippen LogP contribution in [0.2, 0.25) is 0 Å². The number of nitrogens with zero attached hydrogens (tertiary/aromatic N) is 1. The number of methoxy groups -OCH3 is 1. The van der Waals surface area contributed by atoms with Gasteiger partial charge >= 0.3 is 0 Å². The van der Waals surface area contributed by atoms with Gasteiger partial charge in [-0.1, -0.05) is 6.07 Å². The van der Waals surface area contributed by atoms with Gasteiger partial charge in [0.2, 0.25) is 5.91 Å². The van der Waals surface area contributed by atoms with Crippen molar-refractivity contribution in [1.82, 2.24) is 4.90 Å². The molecule has 2 aromatic rings. The van der Waals surface area contributed by atoms with E-state index in [0.717, 1.165) is 17.7 Å². The Morgan fingerprint density at radius 3 is 2.81 bits per heavy atom. The molecule has 0 bridgehead atoms. The third kappa shape index (κ3) is 4.35. The number of benzene rings is 1. The Hall–Kier alpha value is -2.71. The van der Waals surface area contributed by atoms with E-state index in [2.05, 4.69) is 5.32 Å². The van der Waals surface area contributed by atoms with Crippen LogP contribution in [0.15, 0.2) is 36.4 Å². The SMILES string of the molecule is COCC(=O)Nc1cccc(C(=O)N2CCC[C@H]2c2ccc(C(N)=O)s2)c1. The van der Waals surface area contributed by atoms with Crippen LogP contribution in [0.4, 0.5) is 5.69 Å². The van der Waals surface area contributed by atoms with E-state index in [1.165, 1.54) is 18.4 Å². The van der Waals surface area contributed by atoms with E-state index >= 15 is 0 Å². The average molecular weight is 387 g/mol. The van der Waals surface area contributed by atoms with Crippen LogP contribution >= 0.6 is 11.3 Å². The van der Waals surface area contributed by atoms with Crippen molar-refractivity contribution in [3.63, 3.8) is 0 Å². The fourth-order valence-electron chi connectivity index (χ4n) is 3.19. The maximum Gasteiger partial charge on any atom is 0.258 e. The van der Waals surface area contributed by atoms with Gasteiger partial charge in [-0.25, -0.2) is 0 Å². The summed E-state index contributed by atoms with van der Waals surface area (Å²) in [6.07, 6.45) is 1.74. The smallest absolute Gasteiger partial charge is 0.258 e. The second-order valence-electron chi connectivity index (χ2n) is 6.28. The lowest BCUT2D eigenvalue weighted by Gasteiger charge is -2.24. The number of hydrogen-bond donors (Lipinski definition) is 2. The molecular weight excluding hydrogens is 366 g/mol. The first kappa shape index (κ1) is 19.1. The molecule has 1 aromatic heterocycles. The summed E-state index contributed by atoms with van der Waals surface area (Å²) in [5.74, 6) is -0.838. The van der Waals surface area contributed by atoms with Crippen LogP contribution in [-0.4, -0.2) is 42.9 Å². The number of rotatable bonds is 6. The lowest BCUT2D eigenvalue weighted by atomic mass is 10.1. The highest BCUT2D eigenvalue weighted by Gasteiger charge is 2.32. The highest BCUT2D eigenvalue weighted by Crippen LogP contribution is 2.36. The molecule has 0 saturated carbocycles. The van der Waals surface area contributed by atoms with Crippen molar-refractivity contribution in [1.29, 1.82) is 0 Å². The van der Waals surface area contributed by atoms with Crippen molar-refractivity contribution in [2.24, 2.45) is 5.73 Å². The number of nitrogens with two attached hydrogens (primary N) is 1. The Bertz CT molecular complexity index is 864. The van der Waals surface area contributed by atoms with Crippen LogP contribution in [0.5, 0.6) is 0 Å². The van der Waals surface area contributed by atoms with Gasteiger partial charge in [0, 0.05) is 29.8 Å². The number of ether oxygens (including phenoxy) is 1. The molecule has 142 valence electrons. The second-order valence-corrected chi connectivity index (χ2v) is 7.40. The van der Waals surface area contributed by atoms with Gasteiger partial charge in [0.15, 0.2) is 0 Å². The summed E-state index contributed by atoms with van der Waals surface area (Å²) in [6, 6.07) is 10.3. The van der Waals surface area contributed by atoms with E-state index in [9.17, 15) is 14.4 Å².